The summed E-state index contributed by atoms with van der Waals surface area (Å²) in [5.41, 5.74) is 0.840. The minimum atomic E-state index is 0.719. The average molecular weight is 340 g/mol. The molecule has 110 valence electrons. The number of aromatic nitrogens is 3. The fraction of sp³-hybridized carbons (Fsp3) is 0.571. The largest absolute Gasteiger partial charge is 0.370 e. The van der Waals surface area contributed by atoms with E-state index in [2.05, 4.69) is 57.1 Å². The summed E-state index contributed by atoms with van der Waals surface area (Å²) in [6.45, 7) is 7.67. The van der Waals surface area contributed by atoms with E-state index < -0.39 is 0 Å². The molecule has 0 spiro atoms. The molecule has 0 atom stereocenters. The summed E-state index contributed by atoms with van der Waals surface area (Å²) >= 11 is 3.44. The number of halogens is 1. The number of hydrogen-bond acceptors (Lipinski definition) is 4. The Hall–Kier alpha value is -1.14. The first kappa shape index (κ1) is 15.3. The topological polar surface area (TPSA) is 45.5 Å². The molecule has 2 rings (SSSR count). The Morgan fingerprint density at radius 1 is 1.45 bits per heavy atom. The molecule has 2 aromatic heterocycles. The van der Waals surface area contributed by atoms with Gasteiger partial charge in [0.25, 0.3) is 0 Å². The third-order valence-electron chi connectivity index (χ3n) is 3.03. The van der Waals surface area contributed by atoms with Crippen LogP contribution in [0, 0.1) is 5.92 Å². The Morgan fingerprint density at radius 3 is 3.00 bits per heavy atom. The molecule has 0 amide bonds. The fourth-order valence-electron chi connectivity index (χ4n) is 2.22. The van der Waals surface area contributed by atoms with E-state index in [9.17, 15) is 0 Å². The van der Waals surface area contributed by atoms with Gasteiger partial charge in [-0.05, 0) is 47.9 Å². The SMILES string of the molecule is CC(C)CN(C)CCCNc1ccn2ncc(Br)c2n1. The maximum atomic E-state index is 4.53. The zero-order chi connectivity index (χ0) is 14.5. The van der Waals surface area contributed by atoms with E-state index >= 15 is 0 Å². The van der Waals surface area contributed by atoms with Gasteiger partial charge in [0, 0.05) is 19.3 Å². The van der Waals surface area contributed by atoms with Crippen LogP contribution < -0.4 is 5.32 Å². The first-order valence-electron chi connectivity index (χ1n) is 6.98. The predicted molar refractivity (Wildman–Crippen MR) is 86.1 cm³/mol. The van der Waals surface area contributed by atoms with Gasteiger partial charge in [-0.3, -0.25) is 0 Å². The summed E-state index contributed by atoms with van der Waals surface area (Å²) < 4.78 is 2.67. The Morgan fingerprint density at radius 2 is 2.25 bits per heavy atom. The fourth-order valence-corrected chi connectivity index (χ4v) is 2.58. The number of nitrogens with zero attached hydrogens (tertiary/aromatic N) is 4. The normalized spacial score (nSPS) is 11.7. The van der Waals surface area contributed by atoms with Crippen LogP contribution in [-0.2, 0) is 0 Å². The Labute approximate surface area is 128 Å². The summed E-state index contributed by atoms with van der Waals surface area (Å²) in [7, 11) is 2.17. The van der Waals surface area contributed by atoms with E-state index in [1.54, 1.807) is 10.7 Å². The van der Waals surface area contributed by atoms with Crippen molar-refractivity contribution < 1.29 is 0 Å². The monoisotopic (exact) mass is 339 g/mol. The molecule has 1 N–H and O–H groups in total. The summed E-state index contributed by atoms with van der Waals surface area (Å²) in [6, 6.07) is 1.95. The van der Waals surface area contributed by atoms with Crippen LogP contribution in [0.2, 0.25) is 0 Å². The van der Waals surface area contributed by atoms with Crippen LogP contribution in [0.25, 0.3) is 5.65 Å². The highest BCUT2D eigenvalue weighted by atomic mass is 79.9. The van der Waals surface area contributed by atoms with Crippen molar-refractivity contribution in [2.45, 2.75) is 20.3 Å². The van der Waals surface area contributed by atoms with Crippen molar-refractivity contribution in [3.05, 3.63) is 22.9 Å². The zero-order valence-corrected chi connectivity index (χ0v) is 13.9. The van der Waals surface area contributed by atoms with E-state index in [1.807, 2.05) is 12.3 Å². The molecular weight excluding hydrogens is 318 g/mol. The number of rotatable bonds is 7. The van der Waals surface area contributed by atoms with Gasteiger partial charge in [-0.1, -0.05) is 13.8 Å². The van der Waals surface area contributed by atoms with E-state index in [1.165, 1.54) is 0 Å². The molecule has 6 heteroatoms. The zero-order valence-electron chi connectivity index (χ0n) is 12.3. The maximum Gasteiger partial charge on any atom is 0.171 e. The molecule has 0 aromatic carbocycles. The van der Waals surface area contributed by atoms with Gasteiger partial charge in [0.1, 0.15) is 5.82 Å². The van der Waals surface area contributed by atoms with Crippen LogP contribution >= 0.6 is 15.9 Å². The highest BCUT2D eigenvalue weighted by molar-refractivity contribution is 9.10. The third-order valence-corrected chi connectivity index (χ3v) is 3.59. The molecular formula is C14H22BrN5. The minimum Gasteiger partial charge on any atom is -0.370 e. The highest BCUT2D eigenvalue weighted by Crippen LogP contribution is 2.16. The molecule has 0 saturated carbocycles. The van der Waals surface area contributed by atoms with Gasteiger partial charge >= 0.3 is 0 Å². The van der Waals surface area contributed by atoms with Crippen molar-refractivity contribution in [2.75, 3.05) is 32.0 Å². The quantitative estimate of drug-likeness (QED) is 0.788. The van der Waals surface area contributed by atoms with Crippen LogP contribution in [0.3, 0.4) is 0 Å². The molecule has 0 aliphatic carbocycles. The van der Waals surface area contributed by atoms with Gasteiger partial charge in [0.15, 0.2) is 5.65 Å². The van der Waals surface area contributed by atoms with Crippen molar-refractivity contribution in [2.24, 2.45) is 5.92 Å². The second-order valence-corrected chi connectivity index (χ2v) is 6.36. The summed E-state index contributed by atoms with van der Waals surface area (Å²) in [5.74, 6) is 1.61. The maximum absolute atomic E-state index is 4.53. The van der Waals surface area contributed by atoms with Gasteiger partial charge in [-0.15, -0.1) is 0 Å². The van der Waals surface area contributed by atoms with Gasteiger partial charge in [0.2, 0.25) is 0 Å². The standard InChI is InChI=1S/C14H22BrN5/c1-11(2)10-19(3)7-4-6-16-13-5-8-20-14(18-13)12(15)9-17-20/h5,8-9,11H,4,6-7,10H2,1-3H3,(H,16,18). The summed E-state index contributed by atoms with van der Waals surface area (Å²) in [6.07, 6.45) is 4.78. The lowest BCUT2D eigenvalue weighted by Crippen LogP contribution is -2.25. The second-order valence-electron chi connectivity index (χ2n) is 5.51. The van der Waals surface area contributed by atoms with Crippen molar-refractivity contribution in [3.8, 4) is 0 Å². The molecule has 2 heterocycles. The number of fused-ring (bicyclic) bond motifs is 1. The lowest BCUT2D eigenvalue weighted by Gasteiger charge is -2.18. The number of nitrogens with one attached hydrogen (secondary N) is 1. The Bertz CT molecular complexity index is 551. The van der Waals surface area contributed by atoms with Crippen molar-refractivity contribution in [1.82, 2.24) is 19.5 Å². The molecule has 0 bridgehead atoms. The Kier molecular flexibility index (Phi) is 5.37. The smallest absolute Gasteiger partial charge is 0.171 e. The van der Waals surface area contributed by atoms with E-state index in [4.69, 9.17) is 0 Å². The lowest BCUT2D eigenvalue weighted by atomic mass is 10.2. The van der Waals surface area contributed by atoms with Crippen molar-refractivity contribution in [1.29, 1.82) is 0 Å². The molecule has 0 aliphatic heterocycles. The first-order chi connectivity index (χ1) is 9.56. The van der Waals surface area contributed by atoms with Gasteiger partial charge in [-0.25, -0.2) is 9.50 Å². The average Bonchev–Trinajstić information content (AvgIpc) is 2.75. The molecule has 0 radical (unpaired) electrons. The number of anilines is 1. The first-order valence-corrected chi connectivity index (χ1v) is 7.78. The molecule has 5 nitrogen and oxygen atoms in total. The van der Waals surface area contributed by atoms with E-state index in [-0.39, 0.29) is 0 Å². The van der Waals surface area contributed by atoms with Crippen LogP contribution in [0.4, 0.5) is 5.82 Å². The van der Waals surface area contributed by atoms with E-state index in [0.29, 0.717) is 0 Å². The molecule has 0 aliphatic rings. The molecule has 2 aromatic rings. The van der Waals surface area contributed by atoms with Gasteiger partial charge < -0.3 is 10.2 Å². The summed E-state index contributed by atoms with van der Waals surface area (Å²) in [4.78, 5) is 6.90. The molecule has 0 saturated heterocycles. The minimum absolute atomic E-state index is 0.719. The van der Waals surface area contributed by atoms with Crippen LogP contribution in [0.5, 0.6) is 0 Å². The van der Waals surface area contributed by atoms with Gasteiger partial charge in [0.05, 0.1) is 10.7 Å². The third kappa shape index (κ3) is 4.18. The highest BCUT2D eigenvalue weighted by Gasteiger charge is 2.04. The summed E-state index contributed by atoms with van der Waals surface area (Å²) in [5, 5.41) is 7.54. The van der Waals surface area contributed by atoms with Crippen LogP contribution in [0.15, 0.2) is 22.9 Å². The number of hydrogen-bond donors (Lipinski definition) is 1. The lowest BCUT2D eigenvalue weighted by molar-refractivity contribution is 0.295. The van der Waals surface area contributed by atoms with Crippen LogP contribution in [0.1, 0.15) is 20.3 Å². The molecule has 0 unspecified atom stereocenters. The Balaban J connectivity index is 1.79. The van der Waals surface area contributed by atoms with Crippen molar-refractivity contribution >= 4 is 27.4 Å². The second kappa shape index (κ2) is 7.04. The van der Waals surface area contributed by atoms with Crippen LogP contribution in [-0.4, -0.2) is 46.2 Å². The van der Waals surface area contributed by atoms with Gasteiger partial charge in [-0.2, -0.15) is 5.10 Å². The van der Waals surface area contributed by atoms with Crippen molar-refractivity contribution in [3.63, 3.8) is 0 Å². The van der Waals surface area contributed by atoms with E-state index in [0.717, 1.165) is 47.9 Å². The molecule has 0 fully saturated rings. The molecule has 20 heavy (non-hydrogen) atoms. The predicted octanol–water partition coefficient (Wildman–Crippen LogP) is 2.88.